The van der Waals surface area contributed by atoms with Crippen molar-refractivity contribution in [3.8, 4) is 0 Å². The van der Waals surface area contributed by atoms with E-state index in [1.54, 1.807) is 18.2 Å². The minimum atomic E-state index is -0.974. The summed E-state index contributed by atoms with van der Waals surface area (Å²) in [7, 11) is 0. The summed E-state index contributed by atoms with van der Waals surface area (Å²) >= 11 is 0. The van der Waals surface area contributed by atoms with Crippen LogP contribution in [0.3, 0.4) is 0 Å². The normalized spacial score (nSPS) is 42.6. The average molecular weight is 637 g/mol. The van der Waals surface area contributed by atoms with Crippen LogP contribution in [0.4, 0.5) is 0 Å². The van der Waals surface area contributed by atoms with Crippen molar-refractivity contribution in [3.63, 3.8) is 0 Å². The highest BCUT2D eigenvalue weighted by Gasteiger charge is 2.45. The molecule has 3 fully saturated rings. The maximum absolute atomic E-state index is 12.2. The summed E-state index contributed by atoms with van der Waals surface area (Å²) < 4.78 is 24.1. The Kier molecular flexibility index (Phi) is 12.8. The predicted molar refractivity (Wildman–Crippen MR) is 177 cm³/mol. The van der Waals surface area contributed by atoms with Crippen molar-refractivity contribution in [3.05, 3.63) is 85.1 Å². The molecule has 6 aliphatic rings. The van der Waals surface area contributed by atoms with Crippen LogP contribution in [0.15, 0.2) is 85.1 Å². The van der Waals surface area contributed by atoms with Crippen molar-refractivity contribution in [1.29, 1.82) is 0 Å². The summed E-state index contributed by atoms with van der Waals surface area (Å²) in [5.41, 5.74) is 0. The maximum Gasteiger partial charge on any atom is 0.331 e. The molecule has 7 bridgehead atoms. The number of aliphatic hydroxyl groups excluding tert-OH is 3. The molecule has 8 nitrogen and oxygen atoms in total. The van der Waals surface area contributed by atoms with Crippen LogP contribution in [0.1, 0.15) is 58.8 Å². The van der Waals surface area contributed by atoms with Gasteiger partial charge in [0.15, 0.2) is 0 Å². The van der Waals surface area contributed by atoms with Crippen LogP contribution in [-0.2, 0) is 23.7 Å². The second-order valence-electron chi connectivity index (χ2n) is 13.5. The Morgan fingerprint density at radius 3 is 2.28 bits per heavy atom. The lowest BCUT2D eigenvalue weighted by atomic mass is 9.69. The van der Waals surface area contributed by atoms with E-state index in [0.717, 1.165) is 38.5 Å². The van der Waals surface area contributed by atoms with Crippen LogP contribution in [0.2, 0.25) is 0 Å². The fourth-order valence-electron chi connectivity index (χ4n) is 7.21. The molecule has 1 aliphatic carbocycles. The Labute approximate surface area is 273 Å². The van der Waals surface area contributed by atoms with E-state index in [2.05, 4.69) is 38.2 Å². The minimum Gasteiger partial charge on any atom is -0.452 e. The summed E-state index contributed by atoms with van der Waals surface area (Å²) in [6.45, 7) is 4.56. The second-order valence-corrected chi connectivity index (χ2v) is 13.5. The zero-order chi connectivity index (χ0) is 32.5. The highest BCUT2D eigenvalue weighted by Crippen LogP contribution is 2.40. The molecule has 8 heteroatoms. The van der Waals surface area contributed by atoms with Gasteiger partial charge in [0.05, 0.1) is 49.3 Å². The largest absolute Gasteiger partial charge is 0.452 e. The molecule has 0 radical (unpaired) electrons. The van der Waals surface area contributed by atoms with E-state index < -0.39 is 30.4 Å². The van der Waals surface area contributed by atoms with Gasteiger partial charge in [-0.2, -0.15) is 0 Å². The van der Waals surface area contributed by atoms with Crippen molar-refractivity contribution in [2.75, 3.05) is 6.61 Å². The van der Waals surface area contributed by atoms with E-state index in [0.29, 0.717) is 13.0 Å². The SMILES string of the molecule is CC1C(O)CC2CC1CC=C[C@@H]1O[C@H]3CC(OC3C=CC=CC=CC(=O)O[C@H]3C=CC(CC=CCCC=C[C@H](O)C2O)OC3)C1C. The molecule has 5 aliphatic heterocycles. The molecule has 6 rings (SSSR count). The van der Waals surface area contributed by atoms with Crippen molar-refractivity contribution in [1.82, 2.24) is 0 Å². The first kappa shape index (κ1) is 34.7. The summed E-state index contributed by atoms with van der Waals surface area (Å²) in [5, 5.41) is 32.6. The first-order chi connectivity index (χ1) is 22.3. The molecule has 0 aromatic carbocycles. The van der Waals surface area contributed by atoms with Gasteiger partial charge in [-0.3, -0.25) is 0 Å². The number of hydrogen-bond donors (Lipinski definition) is 3. The number of hydrogen-bond acceptors (Lipinski definition) is 8. The number of fused-ring (bicyclic) bond motifs is 13. The Bertz CT molecular complexity index is 1200. The molecule has 0 aromatic rings. The number of allylic oxidation sites excluding steroid dienone is 7. The Hall–Kier alpha value is -2.59. The molecule has 3 N–H and O–H groups in total. The molecule has 13 atom stereocenters. The molecule has 0 spiro atoms. The van der Waals surface area contributed by atoms with Gasteiger partial charge in [-0.05, 0) is 62.4 Å². The summed E-state index contributed by atoms with van der Waals surface area (Å²) in [5.74, 6) is -0.0821. The molecule has 2 saturated heterocycles. The lowest BCUT2D eigenvalue weighted by Crippen LogP contribution is -2.42. The van der Waals surface area contributed by atoms with Gasteiger partial charge in [-0.25, -0.2) is 4.79 Å². The van der Waals surface area contributed by atoms with Gasteiger partial charge in [0, 0.05) is 18.4 Å². The number of ether oxygens (including phenoxy) is 4. The molecule has 1 saturated carbocycles. The van der Waals surface area contributed by atoms with Crippen LogP contribution in [0.25, 0.3) is 0 Å². The maximum atomic E-state index is 12.2. The summed E-state index contributed by atoms with van der Waals surface area (Å²) in [6, 6.07) is 0. The Balaban J connectivity index is 1.25. The number of carbonyl (C=O) groups excluding carboxylic acids is 1. The number of aliphatic hydroxyl groups is 3. The van der Waals surface area contributed by atoms with Gasteiger partial charge in [-0.15, -0.1) is 0 Å². The topological polar surface area (TPSA) is 115 Å². The van der Waals surface area contributed by atoms with Crippen LogP contribution in [-0.4, -0.2) is 82.8 Å². The van der Waals surface area contributed by atoms with E-state index in [1.807, 2.05) is 36.5 Å². The Morgan fingerprint density at radius 2 is 1.46 bits per heavy atom. The number of carbonyl (C=O) groups is 1. The first-order valence-corrected chi connectivity index (χ1v) is 17.1. The first-order valence-electron chi connectivity index (χ1n) is 17.1. The summed E-state index contributed by atoms with van der Waals surface area (Å²) in [4.78, 5) is 12.2. The van der Waals surface area contributed by atoms with E-state index in [4.69, 9.17) is 18.9 Å². The van der Waals surface area contributed by atoms with Crippen LogP contribution in [0.5, 0.6) is 0 Å². The molecular formula is C38H52O8. The van der Waals surface area contributed by atoms with E-state index in [1.165, 1.54) is 6.08 Å². The van der Waals surface area contributed by atoms with Gasteiger partial charge < -0.3 is 34.3 Å². The number of esters is 1. The Morgan fingerprint density at radius 1 is 0.674 bits per heavy atom. The van der Waals surface area contributed by atoms with Gasteiger partial charge >= 0.3 is 5.97 Å². The van der Waals surface area contributed by atoms with Crippen LogP contribution in [0, 0.1) is 23.7 Å². The lowest BCUT2D eigenvalue weighted by Gasteiger charge is -2.40. The smallest absolute Gasteiger partial charge is 0.331 e. The van der Waals surface area contributed by atoms with Crippen molar-refractivity contribution < 1.29 is 39.1 Å². The van der Waals surface area contributed by atoms with Crippen molar-refractivity contribution in [2.24, 2.45) is 23.7 Å². The van der Waals surface area contributed by atoms with Crippen molar-refractivity contribution >= 4 is 5.97 Å². The standard InChI is InChI=1S/C38H52O8/c1-25-27-13-12-17-33-26(2)35-23-36(45-33)34(46-35)16-10-6-7-11-18-37(41)44-30-20-19-29(43-24-30)14-8-4-3-5-9-15-31(39)38(42)28(21-27)22-32(25)40/h4,6-12,15-20,25-36,38-40,42H,3,5,13-14,21-24H2,1-2H3/t25?,26?,27?,28?,29?,30-,31-,32?,33-,34?,35?,36-,38?/m0/s1. The predicted octanol–water partition coefficient (Wildman–Crippen LogP) is 5.07. The quantitative estimate of drug-likeness (QED) is 0.250. The van der Waals surface area contributed by atoms with Gasteiger partial charge in [0.25, 0.3) is 0 Å². The molecule has 0 amide bonds. The molecule has 9 unspecified atom stereocenters. The fraction of sp³-hybridized carbons (Fsp3) is 0.605. The van der Waals surface area contributed by atoms with Crippen molar-refractivity contribution in [2.45, 2.75) is 114 Å². The molecule has 0 aromatic heterocycles. The monoisotopic (exact) mass is 636 g/mol. The average Bonchev–Trinajstić information content (AvgIpc) is 3.39. The second kappa shape index (κ2) is 17.0. The third-order valence-electron chi connectivity index (χ3n) is 10.2. The third-order valence-corrected chi connectivity index (χ3v) is 10.2. The highest BCUT2D eigenvalue weighted by molar-refractivity contribution is 5.82. The van der Waals surface area contributed by atoms with Crippen LogP contribution < -0.4 is 0 Å². The van der Waals surface area contributed by atoms with Gasteiger partial charge in [-0.1, -0.05) is 86.8 Å². The highest BCUT2D eigenvalue weighted by atomic mass is 16.6. The van der Waals surface area contributed by atoms with E-state index >= 15 is 0 Å². The van der Waals surface area contributed by atoms with E-state index in [9.17, 15) is 20.1 Å². The zero-order valence-corrected chi connectivity index (χ0v) is 27.1. The molecular weight excluding hydrogens is 584 g/mol. The lowest BCUT2D eigenvalue weighted by molar-refractivity contribution is -0.144. The zero-order valence-electron chi connectivity index (χ0n) is 27.1. The van der Waals surface area contributed by atoms with E-state index in [-0.39, 0.29) is 54.2 Å². The van der Waals surface area contributed by atoms with Gasteiger partial charge in [0.2, 0.25) is 0 Å². The van der Waals surface area contributed by atoms with Gasteiger partial charge in [0.1, 0.15) is 12.2 Å². The number of rotatable bonds is 0. The molecule has 252 valence electrons. The van der Waals surface area contributed by atoms with Crippen LogP contribution >= 0.6 is 0 Å². The molecule has 46 heavy (non-hydrogen) atoms. The molecule has 5 heterocycles. The minimum absolute atomic E-state index is 0.0266. The third kappa shape index (κ3) is 9.49. The summed E-state index contributed by atoms with van der Waals surface area (Å²) in [6.07, 6.45) is 28.6. The fourth-order valence-corrected chi connectivity index (χ4v) is 7.21.